The first kappa shape index (κ1) is 13.4. The van der Waals surface area contributed by atoms with Crippen LogP contribution < -0.4 is 10.5 Å². The number of carbonyl (C=O) groups is 1. The van der Waals surface area contributed by atoms with Gasteiger partial charge in [0.1, 0.15) is 18.4 Å². The average Bonchev–Trinajstić information content (AvgIpc) is 2.45. The molecule has 0 saturated carbocycles. The van der Waals surface area contributed by atoms with E-state index in [1.807, 2.05) is 6.07 Å². The van der Waals surface area contributed by atoms with Gasteiger partial charge >= 0.3 is 5.97 Å². The summed E-state index contributed by atoms with van der Waals surface area (Å²) in [6.07, 6.45) is 0. The molecule has 0 unspecified atom stereocenters. The molecule has 0 aromatic heterocycles. The third-order valence-corrected chi connectivity index (χ3v) is 2.79. The van der Waals surface area contributed by atoms with Crippen LogP contribution in [0.25, 0.3) is 0 Å². The molecule has 2 rings (SSSR count). The van der Waals surface area contributed by atoms with Gasteiger partial charge in [0, 0.05) is 11.3 Å². The van der Waals surface area contributed by atoms with Gasteiger partial charge in [0.15, 0.2) is 0 Å². The quantitative estimate of drug-likeness (QED) is 0.830. The highest BCUT2D eigenvalue weighted by Crippen LogP contribution is 2.21. The zero-order chi connectivity index (χ0) is 14.5. The zero-order valence-corrected chi connectivity index (χ0v) is 10.5. The topological polar surface area (TPSA) is 96.3 Å². The Morgan fingerprint density at radius 3 is 2.70 bits per heavy atom. The zero-order valence-electron chi connectivity index (χ0n) is 10.5. The van der Waals surface area contributed by atoms with Crippen LogP contribution in [0.4, 0.5) is 5.69 Å². The number of anilines is 1. The van der Waals surface area contributed by atoms with Gasteiger partial charge in [-0.15, -0.1) is 0 Å². The van der Waals surface area contributed by atoms with E-state index in [1.54, 1.807) is 36.4 Å². The molecule has 0 aliphatic heterocycles. The molecule has 20 heavy (non-hydrogen) atoms. The number of nitrogens with two attached hydrogens (primary N) is 1. The Morgan fingerprint density at radius 2 is 2.00 bits per heavy atom. The van der Waals surface area contributed by atoms with E-state index in [4.69, 9.17) is 20.8 Å². The molecule has 2 aromatic carbocycles. The number of ether oxygens (including phenoxy) is 1. The number of carboxylic acid groups (broad SMARTS) is 1. The maximum atomic E-state index is 11.2. The number of hydrogen-bond acceptors (Lipinski definition) is 4. The Kier molecular flexibility index (Phi) is 3.87. The molecule has 0 atom stereocenters. The molecular weight excluding hydrogens is 256 g/mol. The minimum Gasteiger partial charge on any atom is -0.487 e. The lowest BCUT2D eigenvalue weighted by molar-refractivity contribution is 0.0695. The molecule has 0 aliphatic carbocycles. The molecule has 0 radical (unpaired) electrons. The summed E-state index contributed by atoms with van der Waals surface area (Å²) in [5.74, 6) is -0.691. The fraction of sp³-hybridized carbons (Fsp3) is 0.0667. The van der Waals surface area contributed by atoms with Crippen molar-refractivity contribution >= 4 is 11.7 Å². The van der Waals surface area contributed by atoms with Gasteiger partial charge in [-0.1, -0.05) is 24.3 Å². The van der Waals surface area contributed by atoms with E-state index in [1.165, 1.54) is 6.07 Å². The standard InChI is InChI=1S/C15H12N2O3/c16-8-10-4-1-2-7-13(10)20-9-11-5-3-6-12(17)14(11)15(18)19/h1-7H,9,17H2,(H,18,19). The second-order valence-corrected chi connectivity index (χ2v) is 4.08. The summed E-state index contributed by atoms with van der Waals surface area (Å²) in [7, 11) is 0. The number of aromatic carboxylic acids is 1. The second kappa shape index (κ2) is 5.76. The summed E-state index contributed by atoms with van der Waals surface area (Å²) in [5, 5.41) is 18.1. The van der Waals surface area contributed by atoms with Gasteiger partial charge in [0.25, 0.3) is 0 Å². The summed E-state index contributed by atoms with van der Waals surface area (Å²) in [6.45, 7) is 0.0331. The van der Waals surface area contributed by atoms with E-state index in [2.05, 4.69) is 0 Å². The molecular formula is C15H12N2O3. The number of nitrogen functional groups attached to an aromatic ring is 1. The summed E-state index contributed by atoms with van der Waals surface area (Å²) in [5.41, 5.74) is 6.74. The number of carboxylic acids is 1. The van der Waals surface area contributed by atoms with Crippen molar-refractivity contribution in [3.05, 3.63) is 59.2 Å². The number of nitrogens with zero attached hydrogens (tertiary/aromatic N) is 1. The molecule has 0 bridgehead atoms. The predicted molar refractivity (Wildman–Crippen MR) is 73.3 cm³/mol. The first-order chi connectivity index (χ1) is 9.63. The lowest BCUT2D eigenvalue weighted by Crippen LogP contribution is -2.09. The van der Waals surface area contributed by atoms with Crippen LogP contribution in [0.5, 0.6) is 5.75 Å². The Bertz CT molecular complexity index is 690. The average molecular weight is 268 g/mol. The van der Waals surface area contributed by atoms with E-state index in [9.17, 15) is 4.79 Å². The van der Waals surface area contributed by atoms with Crippen LogP contribution in [0, 0.1) is 11.3 Å². The van der Waals surface area contributed by atoms with Crippen molar-refractivity contribution in [3.63, 3.8) is 0 Å². The first-order valence-electron chi connectivity index (χ1n) is 5.86. The second-order valence-electron chi connectivity index (χ2n) is 4.08. The van der Waals surface area contributed by atoms with Crippen molar-refractivity contribution in [1.29, 1.82) is 5.26 Å². The van der Waals surface area contributed by atoms with Crippen LogP contribution in [0.1, 0.15) is 21.5 Å². The van der Waals surface area contributed by atoms with E-state index in [0.717, 1.165) is 0 Å². The molecule has 5 heteroatoms. The molecule has 5 nitrogen and oxygen atoms in total. The normalized spacial score (nSPS) is 9.75. The third kappa shape index (κ3) is 2.70. The first-order valence-corrected chi connectivity index (χ1v) is 5.86. The number of nitriles is 1. The van der Waals surface area contributed by atoms with Crippen molar-refractivity contribution < 1.29 is 14.6 Å². The predicted octanol–water partition coefficient (Wildman–Crippen LogP) is 2.42. The van der Waals surface area contributed by atoms with Crippen LogP contribution >= 0.6 is 0 Å². The minimum atomic E-state index is -1.10. The Labute approximate surface area is 115 Å². The Hall–Kier alpha value is -3.00. The largest absolute Gasteiger partial charge is 0.487 e. The summed E-state index contributed by atoms with van der Waals surface area (Å²) in [4.78, 5) is 11.2. The number of benzene rings is 2. The third-order valence-electron chi connectivity index (χ3n) is 2.79. The van der Waals surface area contributed by atoms with Gasteiger partial charge in [-0.3, -0.25) is 0 Å². The van der Waals surface area contributed by atoms with Crippen LogP contribution in [-0.2, 0) is 6.61 Å². The van der Waals surface area contributed by atoms with Gasteiger partial charge in [0.2, 0.25) is 0 Å². The highest BCUT2D eigenvalue weighted by atomic mass is 16.5. The van der Waals surface area contributed by atoms with Crippen LogP contribution in [0.3, 0.4) is 0 Å². The molecule has 3 N–H and O–H groups in total. The van der Waals surface area contributed by atoms with E-state index in [0.29, 0.717) is 16.9 Å². The van der Waals surface area contributed by atoms with Gasteiger partial charge < -0.3 is 15.6 Å². The molecule has 100 valence electrons. The van der Waals surface area contributed by atoms with Crippen LogP contribution in [0.15, 0.2) is 42.5 Å². The van der Waals surface area contributed by atoms with Crippen molar-refractivity contribution in [3.8, 4) is 11.8 Å². The molecule has 0 saturated heterocycles. The molecule has 0 aliphatic rings. The molecule has 2 aromatic rings. The smallest absolute Gasteiger partial charge is 0.338 e. The summed E-state index contributed by atoms with van der Waals surface area (Å²) >= 11 is 0. The lowest BCUT2D eigenvalue weighted by atomic mass is 10.1. The minimum absolute atomic E-state index is 0.0296. The molecule has 0 spiro atoms. The van der Waals surface area contributed by atoms with Gasteiger partial charge in [-0.25, -0.2) is 4.79 Å². The number of rotatable bonds is 4. The SMILES string of the molecule is N#Cc1ccccc1OCc1cccc(N)c1C(=O)O. The molecule has 0 amide bonds. The molecule has 0 heterocycles. The van der Waals surface area contributed by atoms with Gasteiger partial charge in [-0.05, 0) is 18.2 Å². The summed E-state index contributed by atoms with van der Waals surface area (Å²) < 4.78 is 5.52. The summed E-state index contributed by atoms with van der Waals surface area (Å²) in [6, 6.07) is 13.6. The van der Waals surface area contributed by atoms with Gasteiger partial charge in [0.05, 0.1) is 11.1 Å². The van der Waals surface area contributed by atoms with Crippen molar-refractivity contribution in [2.24, 2.45) is 0 Å². The van der Waals surface area contributed by atoms with Crippen molar-refractivity contribution in [2.45, 2.75) is 6.61 Å². The van der Waals surface area contributed by atoms with Crippen LogP contribution in [0.2, 0.25) is 0 Å². The van der Waals surface area contributed by atoms with Crippen LogP contribution in [-0.4, -0.2) is 11.1 Å². The van der Waals surface area contributed by atoms with E-state index < -0.39 is 5.97 Å². The maximum absolute atomic E-state index is 11.2. The highest BCUT2D eigenvalue weighted by Gasteiger charge is 2.14. The Morgan fingerprint density at radius 1 is 1.25 bits per heavy atom. The maximum Gasteiger partial charge on any atom is 0.338 e. The van der Waals surface area contributed by atoms with Crippen molar-refractivity contribution in [2.75, 3.05) is 5.73 Å². The van der Waals surface area contributed by atoms with Gasteiger partial charge in [-0.2, -0.15) is 5.26 Å². The van der Waals surface area contributed by atoms with E-state index in [-0.39, 0.29) is 17.9 Å². The fourth-order valence-electron chi connectivity index (χ4n) is 1.84. The van der Waals surface area contributed by atoms with Crippen molar-refractivity contribution in [1.82, 2.24) is 0 Å². The lowest BCUT2D eigenvalue weighted by Gasteiger charge is -2.11. The molecule has 0 fully saturated rings. The van der Waals surface area contributed by atoms with E-state index >= 15 is 0 Å². The fourth-order valence-corrected chi connectivity index (χ4v) is 1.84. The number of hydrogen-bond donors (Lipinski definition) is 2. The Balaban J connectivity index is 2.26. The highest BCUT2D eigenvalue weighted by molar-refractivity contribution is 5.95. The monoisotopic (exact) mass is 268 g/mol. The number of para-hydroxylation sites is 1.